The van der Waals surface area contributed by atoms with Crippen molar-refractivity contribution < 1.29 is 18.0 Å². The van der Waals surface area contributed by atoms with E-state index in [2.05, 4.69) is 4.98 Å². The molecule has 1 amide bonds. The van der Waals surface area contributed by atoms with Crippen LogP contribution in [0.2, 0.25) is 0 Å². The Kier molecular flexibility index (Phi) is 7.13. The highest BCUT2D eigenvalue weighted by Crippen LogP contribution is 2.34. The average molecular weight is 492 g/mol. The Morgan fingerprint density at radius 1 is 0.917 bits per heavy atom. The van der Waals surface area contributed by atoms with Crippen molar-refractivity contribution in [3.8, 4) is 22.3 Å². The van der Waals surface area contributed by atoms with Gasteiger partial charge in [0.2, 0.25) is 0 Å². The Morgan fingerprint density at radius 2 is 1.56 bits per heavy atom. The number of hydrogen-bond donors (Lipinski definition) is 1. The molecule has 1 heterocycles. The first-order valence-corrected chi connectivity index (χ1v) is 11.7. The zero-order chi connectivity index (χ0) is 26.1. The molecule has 186 valence electrons. The molecular formula is C29H28F3N3O. The molecular weight excluding hydrogens is 463 g/mol. The number of aromatic nitrogens is 1. The fourth-order valence-electron chi connectivity index (χ4n) is 4.23. The van der Waals surface area contributed by atoms with E-state index in [1.165, 1.54) is 24.3 Å². The monoisotopic (exact) mass is 491 g/mol. The van der Waals surface area contributed by atoms with Crippen LogP contribution >= 0.6 is 0 Å². The molecule has 0 spiro atoms. The fourth-order valence-corrected chi connectivity index (χ4v) is 4.23. The summed E-state index contributed by atoms with van der Waals surface area (Å²) in [5.41, 5.74) is 9.60. The van der Waals surface area contributed by atoms with Crippen molar-refractivity contribution in [2.45, 2.75) is 26.8 Å². The quantitative estimate of drug-likeness (QED) is 0.342. The summed E-state index contributed by atoms with van der Waals surface area (Å²) in [4.78, 5) is 19.9. The summed E-state index contributed by atoms with van der Waals surface area (Å²) in [6.45, 7) is 6.05. The number of fused-ring (bicyclic) bond motifs is 1. The maximum atomic E-state index is 14.3. The minimum absolute atomic E-state index is 0.161. The third kappa shape index (κ3) is 5.26. The zero-order valence-corrected chi connectivity index (χ0v) is 20.6. The van der Waals surface area contributed by atoms with Gasteiger partial charge in [-0.3, -0.25) is 9.78 Å². The van der Waals surface area contributed by atoms with Crippen LogP contribution < -0.4 is 5.73 Å². The molecule has 7 heteroatoms. The lowest BCUT2D eigenvalue weighted by atomic mass is 9.93. The molecule has 0 saturated carbocycles. The van der Waals surface area contributed by atoms with Gasteiger partial charge in [0.05, 0.1) is 11.1 Å². The van der Waals surface area contributed by atoms with E-state index in [0.717, 1.165) is 6.07 Å². The zero-order valence-electron chi connectivity index (χ0n) is 20.6. The Hall–Kier alpha value is -3.71. The number of pyridine rings is 1. The van der Waals surface area contributed by atoms with Crippen LogP contribution in [0, 0.1) is 30.3 Å². The molecule has 36 heavy (non-hydrogen) atoms. The second-order valence-corrected chi connectivity index (χ2v) is 9.55. The first kappa shape index (κ1) is 25.4. The van der Waals surface area contributed by atoms with Crippen LogP contribution in [0.4, 0.5) is 13.2 Å². The first-order valence-electron chi connectivity index (χ1n) is 11.7. The molecule has 0 aliphatic carbocycles. The lowest BCUT2D eigenvalue weighted by Gasteiger charge is -2.25. The lowest BCUT2D eigenvalue weighted by molar-refractivity contribution is 0.0782. The van der Waals surface area contributed by atoms with Crippen LogP contribution in [0.15, 0.2) is 60.8 Å². The molecule has 4 aromatic rings. The standard InChI is InChI=1S/C29H28F3N3O/c1-16(2)26(33)15-35(4)29(36)28-24-12-18(19-9-22(31)13-23(32)10-19)5-6-27(24)34-14-25(28)20-7-17(3)8-21(30)11-20/h5-14,16,26H,15,33H2,1-4H3. The van der Waals surface area contributed by atoms with Crippen molar-refractivity contribution in [3.63, 3.8) is 0 Å². The average Bonchev–Trinajstić information content (AvgIpc) is 2.81. The molecule has 1 unspecified atom stereocenters. The van der Waals surface area contributed by atoms with Gasteiger partial charge in [-0.15, -0.1) is 0 Å². The van der Waals surface area contributed by atoms with E-state index in [1.807, 2.05) is 13.8 Å². The smallest absolute Gasteiger partial charge is 0.255 e. The first-order chi connectivity index (χ1) is 17.0. The van der Waals surface area contributed by atoms with Crippen LogP contribution in [0.5, 0.6) is 0 Å². The van der Waals surface area contributed by atoms with Gasteiger partial charge in [-0.25, -0.2) is 13.2 Å². The Bertz CT molecular complexity index is 1410. The van der Waals surface area contributed by atoms with Crippen molar-refractivity contribution >= 4 is 16.8 Å². The fraction of sp³-hybridized carbons (Fsp3) is 0.241. The van der Waals surface area contributed by atoms with Crippen molar-refractivity contribution in [3.05, 3.63) is 89.4 Å². The van der Waals surface area contributed by atoms with E-state index >= 15 is 0 Å². The number of aryl methyl sites for hydroxylation is 1. The summed E-state index contributed by atoms with van der Waals surface area (Å²) in [6, 6.07) is 12.7. The number of rotatable bonds is 6. The summed E-state index contributed by atoms with van der Waals surface area (Å²) >= 11 is 0. The SMILES string of the molecule is Cc1cc(F)cc(-c2cnc3ccc(-c4cc(F)cc(F)c4)cc3c2C(=O)N(C)CC(N)C(C)C)c1. The molecule has 0 aliphatic rings. The number of carbonyl (C=O) groups is 1. The van der Waals surface area contributed by atoms with Gasteiger partial charge in [0, 0.05) is 42.8 Å². The van der Waals surface area contributed by atoms with Gasteiger partial charge in [0.25, 0.3) is 5.91 Å². The van der Waals surface area contributed by atoms with Gasteiger partial charge in [0.15, 0.2) is 0 Å². The molecule has 3 aromatic carbocycles. The maximum absolute atomic E-state index is 14.3. The molecule has 4 rings (SSSR count). The summed E-state index contributed by atoms with van der Waals surface area (Å²) in [5, 5.41) is 0.492. The lowest BCUT2D eigenvalue weighted by Crippen LogP contribution is -2.41. The van der Waals surface area contributed by atoms with E-state index in [1.54, 1.807) is 49.3 Å². The highest BCUT2D eigenvalue weighted by molar-refractivity contribution is 6.12. The number of nitrogens with two attached hydrogens (primary N) is 1. The van der Waals surface area contributed by atoms with Gasteiger partial charge in [0.1, 0.15) is 17.5 Å². The van der Waals surface area contributed by atoms with Crippen LogP contribution in [-0.4, -0.2) is 35.4 Å². The number of halogens is 3. The third-order valence-corrected chi connectivity index (χ3v) is 6.32. The Labute approximate surface area is 208 Å². The van der Waals surface area contributed by atoms with Crippen LogP contribution in [0.3, 0.4) is 0 Å². The van der Waals surface area contributed by atoms with Crippen molar-refractivity contribution in [1.82, 2.24) is 9.88 Å². The predicted octanol–water partition coefficient (Wildman–Crippen LogP) is 6.35. The molecule has 0 radical (unpaired) electrons. The summed E-state index contributed by atoms with van der Waals surface area (Å²) in [6.07, 6.45) is 1.56. The second kappa shape index (κ2) is 10.1. The highest BCUT2D eigenvalue weighted by Gasteiger charge is 2.24. The highest BCUT2D eigenvalue weighted by atomic mass is 19.1. The van der Waals surface area contributed by atoms with E-state index in [9.17, 15) is 18.0 Å². The third-order valence-electron chi connectivity index (χ3n) is 6.32. The number of amides is 1. The molecule has 2 N–H and O–H groups in total. The van der Waals surface area contributed by atoms with Crippen LogP contribution in [0.1, 0.15) is 29.8 Å². The van der Waals surface area contributed by atoms with Gasteiger partial charge in [-0.2, -0.15) is 0 Å². The number of carbonyl (C=O) groups excluding carboxylic acids is 1. The van der Waals surface area contributed by atoms with E-state index in [-0.39, 0.29) is 17.9 Å². The summed E-state index contributed by atoms with van der Waals surface area (Å²) < 4.78 is 42.2. The Morgan fingerprint density at radius 3 is 2.19 bits per heavy atom. The molecule has 1 atom stereocenters. The van der Waals surface area contributed by atoms with Gasteiger partial charge < -0.3 is 10.6 Å². The van der Waals surface area contributed by atoms with Crippen LogP contribution in [-0.2, 0) is 0 Å². The van der Waals surface area contributed by atoms with Gasteiger partial charge in [-0.05, 0) is 71.5 Å². The van der Waals surface area contributed by atoms with E-state index < -0.39 is 17.5 Å². The number of benzene rings is 3. The molecule has 4 nitrogen and oxygen atoms in total. The maximum Gasteiger partial charge on any atom is 0.255 e. The predicted molar refractivity (Wildman–Crippen MR) is 137 cm³/mol. The summed E-state index contributed by atoms with van der Waals surface area (Å²) in [7, 11) is 1.67. The van der Waals surface area contributed by atoms with Crippen molar-refractivity contribution in [2.24, 2.45) is 11.7 Å². The minimum atomic E-state index is -0.703. The normalized spacial score (nSPS) is 12.2. The largest absolute Gasteiger partial charge is 0.340 e. The van der Waals surface area contributed by atoms with Gasteiger partial charge >= 0.3 is 0 Å². The van der Waals surface area contributed by atoms with Crippen molar-refractivity contribution in [1.29, 1.82) is 0 Å². The van der Waals surface area contributed by atoms with E-state index in [0.29, 0.717) is 50.8 Å². The molecule has 0 bridgehead atoms. The van der Waals surface area contributed by atoms with Crippen molar-refractivity contribution in [2.75, 3.05) is 13.6 Å². The number of nitrogens with zero attached hydrogens (tertiary/aromatic N) is 2. The van der Waals surface area contributed by atoms with Crippen LogP contribution in [0.25, 0.3) is 33.2 Å². The molecule has 0 saturated heterocycles. The number of likely N-dealkylation sites (N-methyl/N-ethyl adjacent to an activating group) is 1. The second-order valence-electron chi connectivity index (χ2n) is 9.55. The molecule has 0 fully saturated rings. The molecule has 0 aliphatic heterocycles. The molecule has 1 aromatic heterocycles. The Balaban J connectivity index is 1.96. The topological polar surface area (TPSA) is 59.2 Å². The summed E-state index contributed by atoms with van der Waals surface area (Å²) in [5.74, 6) is -1.98. The van der Waals surface area contributed by atoms with Gasteiger partial charge in [-0.1, -0.05) is 26.0 Å². The number of hydrogen-bond acceptors (Lipinski definition) is 3. The minimum Gasteiger partial charge on any atom is -0.340 e. The van der Waals surface area contributed by atoms with E-state index in [4.69, 9.17) is 5.73 Å².